The highest BCUT2D eigenvalue weighted by molar-refractivity contribution is 8.00. The lowest BCUT2D eigenvalue weighted by Gasteiger charge is -2.24. The molecule has 90 valence electrons. The number of nitrogen functional groups attached to an aromatic ring is 1. The molecule has 1 aliphatic heterocycles. The van der Waals surface area contributed by atoms with Gasteiger partial charge < -0.3 is 11.1 Å². The molecule has 0 spiro atoms. The summed E-state index contributed by atoms with van der Waals surface area (Å²) in [6.45, 7) is 3.21. The minimum Gasteiger partial charge on any atom is -0.397 e. The Hall–Kier alpha value is -1.34. The molecule has 4 heteroatoms. The van der Waals surface area contributed by atoms with Gasteiger partial charge in [0.2, 0.25) is 0 Å². The molecule has 2 rings (SSSR count). The molecule has 1 aromatic rings. The summed E-state index contributed by atoms with van der Waals surface area (Å²) in [6.07, 6.45) is 2.55. The molecule has 1 aromatic carbocycles. The van der Waals surface area contributed by atoms with Crippen LogP contribution in [-0.2, 0) is 0 Å². The van der Waals surface area contributed by atoms with Crippen LogP contribution < -0.4 is 11.1 Å². The van der Waals surface area contributed by atoms with Crippen molar-refractivity contribution in [2.45, 2.75) is 24.5 Å². The van der Waals surface area contributed by atoms with E-state index in [0.29, 0.717) is 16.0 Å². The summed E-state index contributed by atoms with van der Waals surface area (Å²) in [7, 11) is 0. The van der Waals surface area contributed by atoms with Crippen molar-refractivity contribution in [1.29, 1.82) is 5.26 Å². The Morgan fingerprint density at radius 2 is 2.41 bits per heavy atom. The predicted octanol–water partition coefficient (Wildman–Crippen LogP) is 2.84. The van der Waals surface area contributed by atoms with Crippen LogP contribution in [0, 0.1) is 11.3 Å². The van der Waals surface area contributed by atoms with Crippen LogP contribution in [0.1, 0.15) is 25.3 Å². The van der Waals surface area contributed by atoms with Gasteiger partial charge in [0.25, 0.3) is 0 Å². The average Bonchev–Trinajstić information content (AvgIpc) is 2.75. The summed E-state index contributed by atoms with van der Waals surface area (Å²) in [6, 6.07) is 7.48. The maximum Gasteiger partial charge on any atom is 0.0992 e. The Bertz CT molecular complexity index is 444. The topological polar surface area (TPSA) is 61.8 Å². The van der Waals surface area contributed by atoms with Gasteiger partial charge in [-0.15, -0.1) is 0 Å². The first-order valence-corrected chi connectivity index (χ1v) is 6.79. The monoisotopic (exact) mass is 247 g/mol. The molecule has 0 aromatic heterocycles. The van der Waals surface area contributed by atoms with Crippen molar-refractivity contribution in [3.05, 3.63) is 23.8 Å². The van der Waals surface area contributed by atoms with E-state index in [2.05, 4.69) is 18.3 Å². The number of rotatable bonds is 3. The van der Waals surface area contributed by atoms with Crippen LogP contribution >= 0.6 is 11.8 Å². The third kappa shape index (κ3) is 2.86. The predicted molar refractivity (Wildman–Crippen MR) is 74.2 cm³/mol. The van der Waals surface area contributed by atoms with Crippen LogP contribution in [0.5, 0.6) is 0 Å². The third-order valence-corrected chi connectivity index (χ3v) is 4.67. The Labute approximate surface area is 106 Å². The fraction of sp³-hybridized carbons (Fsp3) is 0.462. The minimum atomic E-state index is 0.320. The largest absolute Gasteiger partial charge is 0.397 e. The summed E-state index contributed by atoms with van der Waals surface area (Å²) in [5.41, 5.74) is 8.09. The van der Waals surface area contributed by atoms with Gasteiger partial charge in [0.1, 0.15) is 0 Å². The third-order valence-electron chi connectivity index (χ3n) is 3.13. The zero-order valence-electron chi connectivity index (χ0n) is 9.99. The van der Waals surface area contributed by atoms with Gasteiger partial charge in [-0.1, -0.05) is 0 Å². The standard InChI is InChI=1S/C13H17N3S/c1-13(5-2-6-17-13)9-16-12-4-3-10(8-14)7-11(12)15/h3-4,7,16H,2,5-6,9,15H2,1H3. The first-order chi connectivity index (χ1) is 8.13. The number of nitriles is 1. The Morgan fingerprint density at radius 3 is 3.00 bits per heavy atom. The van der Waals surface area contributed by atoms with E-state index in [1.165, 1.54) is 18.6 Å². The van der Waals surface area contributed by atoms with E-state index >= 15 is 0 Å². The molecule has 3 N–H and O–H groups in total. The summed E-state index contributed by atoms with van der Waals surface area (Å²) in [5.74, 6) is 1.25. The van der Waals surface area contributed by atoms with Gasteiger partial charge in [-0.2, -0.15) is 17.0 Å². The Balaban J connectivity index is 2.02. The molecule has 0 bridgehead atoms. The van der Waals surface area contributed by atoms with Crippen molar-refractivity contribution in [3.8, 4) is 6.07 Å². The van der Waals surface area contributed by atoms with Crippen LogP contribution in [0.3, 0.4) is 0 Å². The lowest BCUT2D eigenvalue weighted by atomic mass is 10.1. The maximum atomic E-state index is 8.77. The van der Waals surface area contributed by atoms with Crippen LogP contribution in [0.25, 0.3) is 0 Å². The highest BCUT2D eigenvalue weighted by atomic mass is 32.2. The van der Waals surface area contributed by atoms with Crippen LogP contribution in [0.15, 0.2) is 18.2 Å². The molecule has 0 amide bonds. The molecule has 0 aliphatic carbocycles. The van der Waals surface area contributed by atoms with Gasteiger partial charge in [0.05, 0.1) is 23.0 Å². The van der Waals surface area contributed by atoms with Gasteiger partial charge in [-0.3, -0.25) is 0 Å². The van der Waals surface area contributed by atoms with E-state index in [9.17, 15) is 0 Å². The minimum absolute atomic E-state index is 0.320. The number of nitrogens with one attached hydrogen (secondary N) is 1. The molecule has 1 fully saturated rings. The zero-order valence-corrected chi connectivity index (χ0v) is 10.8. The smallest absolute Gasteiger partial charge is 0.0992 e. The van der Waals surface area contributed by atoms with Crippen LogP contribution in [0.4, 0.5) is 11.4 Å². The van der Waals surface area contributed by atoms with Crippen LogP contribution in [0.2, 0.25) is 0 Å². The average molecular weight is 247 g/mol. The van der Waals surface area contributed by atoms with E-state index in [4.69, 9.17) is 11.0 Å². The molecule has 3 nitrogen and oxygen atoms in total. The fourth-order valence-electron chi connectivity index (χ4n) is 2.05. The molecule has 0 radical (unpaired) electrons. The van der Waals surface area contributed by atoms with Crippen LogP contribution in [-0.4, -0.2) is 17.0 Å². The van der Waals surface area contributed by atoms with Crippen molar-refractivity contribution in [2.24, 2.45) is 0 Å². The van der Waals surface area contributed by atoms with Crippen molar-refractivity contribution >= 4 is 23.1 Å². The quantitative estimate of drug-likeness (QED) is 0.806. The summed E-state index contributed by atoms with van der Waals surface area (Å²) < 4.78 is 0.320. The van der Waals surface area contributed by atoms with Crippen molar-refractivity contribution < 1.29 is 0 Å². The van der Waals surface area contributed by atoms with Gasteiger partial charge in [0, 0.05) is 11.3 Å². The van der Waals surface area contributed by atoms with Gasteiger partial charge in [-0.05, 0) is 43.7 Å². The second-order valence-corrected chi connectivity index (χ2v) is 6.35. The molecular formula is C13H17N3S. The number of hydrogen-bond acceptors (Lipinski definition) is 4. The molecule has 1 heterocycles. The number of hydrogen-bond donors (Lipinski definition) is 2. The Morgan fingerprint density at radius 1 is 1.59 bits per heavy atom. The summed E-state index contributed by atoms with van der Waals surface area (Å²) in [4.78, 5) is 0. The van der Waals surface area contributed by atoms with E-state index in [0.717, 1.165) is 12.2 Å². The molecule has 1 unspecified atom stereocenters. The number of nitrogens with two attached hydrogens (primary N) is 1. The zero-order chi connectivity index (χ0) is 12.3. The molecular weight excluding hydrogens is 230 g/mol. The number of nitrogens with zero attached hydrogens (tertiary/aromatic N) is 1. The molecule has 1 atom stereocenters. The van der Waals surface area contributed by atoms with E-state index in [-0.39, 0.29) is 0 Å². The van der Waals surface area contributed by atoms with Crippen molar-refractivity contribution in [1.82, 2.24) is 0 Å². The first-order valence-electron chi connectivity index (χ1n) is 5.80. The summed E-state index contributed by atoms with van der Waals surface area (Å²) >= 11 is 2.02. The highest BCUT2D eigenvalue weighted by Gasteiger charge is 2.29. The van der Waals surface area contributed by atoms with E-state index < -0.39 is 0 Å². The van der Waals surface area contributed by atoms with E-state index in [1.54, 1.807) is 12.1 Å². The second-order valence-electron chi connectivity index (χ2n) is 4.67. The first kappa shape index (κ1) is 12.1. The second kappa shape index (κ2) is 4.89. The molecule has 0 saturated carbocycles. The fourth-order valence-corrected chi connectivity index (χ4v) is 3.30. The maximum absolute atomic E-state index is 8.77. The normalized spacial score (nSPS) is 23.3. The number of benzene rings is 1. The highest BCUT2D eigenvalue weighted by Crippen LogP contribution is 2.38. The molecule has 17 heavy (non-hydrogen) atoms. The summed E-state index contributed by atoms with van der Waals surface area (Å²) in [5, 5.41) is 12.2. The van der Waals surface area contributed by atoms with Gasteiger partial charge >= 0.3 is 0 Å². The van der Waals surface area contributed by atoms with Gasteiger partial charge in [0.15, 0.2) is 0 Å². The van der Waals surface area contributed by atoms with E-state index in [1.807, 2.05) is 17.8 Å². The van der Waals surface area contributed by atoms with Gasteiger partial charge in [-0.25, -0.2) is 0 Å². The lowest BCUT2D eigenvalue weighted by Crippen LogP contribution is -2.27. The molecule has 1 saturated heterocycles. The number of anilines is 2. The van der Waals surface area contributed by atoms with Crippen molar-refractivity contribution in [3.63, 3.8) is 0 Å². The lowest BCUT2D eigenvalue weighted by molar-refractivity contribution is 0.635. The Kier molecular flexibility index (Phi) is 3.49. The van der Waals surface area contributed by atoms with Crippen molar-refractivity contribution in [2.75, 3.05) is 23.3 Å². The number of thioether (sulfide) groups is 1. The molecule has 1 aliphatic rings. The SMILES string of the molecule is CC1(CNc2ccc(C#N)cc2N)CCCS1.